The lowest BCUT2D eigenvalue weighted by molar-refractivity contribution is -0.137. The molecule has 1 atom stereocenters. The molecule has 1 aromatic carbocycles. The molecule has 1 unspecified atom stereocenters. The van der Waals surface area contributed by atoms with Crippen molar-refractivity contribution < 1.29 is 18.7 Å². The molecule has 2 N–H and O–H groups in total. The third kappa shape index (κ3) is 2.53. The highest BCUT2D eigenvalue weighted by Crippen LogP contribution is 2.26. The summed E-state index contributed by atoms with van der Waals surface area (Å²) in [6.45, 7) is 0. The summed E-state index contributed by atoms with van der Waals surface area (Å²) in [5, 5.41) is 8.86. The highest BCUT2D eigenvalue weighted by atomic mass is 19.2. The van der Waals surface area contributed by atoms with E-state index in [1.807, 2.05) is 0 Å². The number of rotatable bonds is 4. The van der Waals surface area contributed by atoms with Crippen molar-refractivity contribution in [2.75, 3.05) is 0 Å². The van der Waals surface area contributed by atoms with Crippen molar-refractivity contribution >= 4 is 5.97 Å². The van der Waals surface area contributed by atoms with Crippen LogP contribution in [0.4, 0.5) is 8.78 Å². The summed E-state index contributed by atoms with van der Waals surface area (Å²) in [4.78, 5) is 17.6. The highest BCUT2D eigenvalue weighted by molar-refractivity contribution is 5.68. The van der Waals surface area contributed by atoms with Gasteiger partial charge < -0.3 is 10.1 Å². The van der Waals surface area contributed by atoms with E-state index in [0.717, 1.165) is 12.1 Å². The number of nitrogens with zero attached hydrogens (tertiary/aromatic N) is 1. The number of aromatic amines is 1. The zero-order valence-corrected chi connectivity index (χ0v) is 9.23. The van der Waals surface area contributed by atoms with Crippen molar-refractivity contribution in [1.29, 1.82) is 0 Å². The highest BCUT2D eigenvalue weighted by Gasteiger charge is 2.21. The molecular formula is C12H10F2N2O2. The van der Waals surface area contributed by atoms with E-state index in [1.165, 1.54) is 12.3 Å². The Kier molecular flexibility index (Phi) is 3.36. The molecule has 0 fully saturated rings. The number of benzene rings is 1. The average molecular weight is 252 g/mol. The topological polar surface area (TPSA) is 66.0 Å². The number of aliphatic carboxylic acids is 1. The Balaban J connectivity index is 2.39. The maximum atomic E-state index is 13.2. The monoisotopic (exact) mass is 252 g/mol. The molecule has 0 saturated heterocycles. The molecule has 0 saturated carbocycles. The first-order valence-corrected chi connectivity index (χ1v) is 5.24. The molecule has 0 spiro atoms. The van der Waals surface area contributed by atoms with Crippen LogP contribution in [0.5, 0.6) is 0 Å². The molecule has 18 heavy (non-hydrogen) atoms. The van der Waals surface area contributed by atoms with Gasteiger partial charge in [-0.05, 0) is 17.7 Å². The van der Waals surface area contributed by atoms with E-state index in [1.54, 1.807) is 6.20 Å². The Labute approximate surface area is 101 Å². The standard InChI is InChI=1S/C12H10F2N2O2/c13-9-2-1-7(5-10(9)14)8(6-11(17)18)12-15-3-4-16-12/h1-5,8H,6H2,(H,15,16)(H,17,18). The fraction of sp³-hybridized carbons (Fsp3) is 0.167. The summed E-state index contributed by atoms with van der Waals surface area (Å²) >= 11 is 0. The number of carboxylic acid groups (broad SMARTS) is 1. The third-order valence-electron chi connectivity index (χ3n) is 2.57. The minimum Gasteiger partial charge on any atom is -0.481 e. The van der Waals surface area contributed by atoms with E-state index in [4.69, 9.17) is 5.11 Å². The molecule has 0 aliphatic rings. The fourth-order valence-corrected chi connectivity index (χ4v) is 1.74. The minimum absolute atomic E-state index is 0.251. The third-order valence-corrected chi connectivity index (χ3v) is 2.57. The van der Waals surface area contributed by atoms with E-state index in [2.05, 4.69) is 9.97 Å². The first-order chi connectivity index (χ1) is 8.58. The Morgan fingerprint density at radius 3 is 2.72 bits per heavy atom. The van der Waals surface area contributed by atoms with Gasteiger partial charge in [-0.15, -0.1) is 0 Å². The quantitative estimate of drug-likeness (QED) is 0.877. The van der Waals surface area contributed by atoms with Crippen LogP contribution in [0.3, 0.4) is 0 Å². The van der Waals surface area contributed by atoms with Crippen molar-refractivity contribution in [3.8, 4) is 0 Å². The zero-order chi connectivity index (χ0) is 13.1. The molecular weight excluding hydrogens is 242 g/mol. The normalized spacial score (nSPS) is 12.3. The first kappa shape index (κ1) is 12.2. The largest absolute Gasteiger partial charge is 0.481 e. The minimum atomic E-state index is -1.04. The van der Waals surface area contributed by atoms with Gasteiger partial charge >= 0.3 is 5.97 Å². The number of halogens is 2. The van der Waals surface area contributed by atoms with Crippen LogP contribution in [0, 0.1) is 11.6 Å². The van der Waals surface area contributed by atoms with Crippen molar-refractivity contribution in [2.24, 2.45) is 0 Å². The van der Waals surface area contributed by atoms with Crippen LogP contribution < -0.4 is 0 Å². The number of hydrogen-bond donors (Lipinski definition) is 2. The molecule has 0 aliphatic carbocycles. The van der Waals surface area contributed by atoms with Crippen molar-refractivity contribution in [1.82, 2.24) is 9.97 Å². The summed E-state index contributed by atoms with van der Waals surface area (Å²) in [6, 6.07) is 3.32. The lowest BCUT2D eigenvalue weighted by Crippen LogP contribution is -2.10. The van der Waals surface area contributed by atoms with Crippen LogP contribution in [0.1, 0.15) is 23.7 Å². The maximum absolute atomic E-state index is 13.2. The van der Waals surface area contributed by atoms with E-state index < -0.39 is 23.5 Å². The second-order valence-corrected chi connectivity index (χ2v) is 3.80. The van der Waals surface area contributed by atoms with Gasteiger partial charge in [-0.1, -0.05) is 6.07 Å². The van der Waals surface area contributed by atoms with E-state index in [0.29, 0.717) is 11.4 Å². The molecule has 2 aromatic rings. The summed E-state index contributed by atoms with van der Waals surface area (Å²) in [6.07, 6.45) is 2.77. The van der Waals surface area contributed by atoms with Gasteiger partial charge in [0.25, 0.3) is 0 Å². The number of carboxylic acids is 1. The Hall–Kier alpha value is -2.24. The van der Waals surface area contributed by atoms with E-state index >= 15 is 0 Å². The van der Waals surface area contributed by atoms with Crippen LogP contribution in [0.25, 0.3) is 0 Å². The SMILES string of the molecule is O=C(O)CC(c1ccc(F)c(F)c1)c1ncc[nH]1. The zero-order valence-electron chi connectivity index (χ0n) is 9.23. The molecule has 6 heteroatoms. The predicted molar refractivity (Wildman–Crippen MR) is 59.0 cm³/mol. The van der Waals surface area contributed by atoms with Gasteiger partial charge in [-0.25, -0.2) is 13.8 Å². The second-order valence-electron chi connectivity index (χ2n) is 3.80. The van der Waals surface area contributed by atoms with Gasteiger partial charge in [-0.2, -0.15) is 0 Å². The van der Waals surface area contributed by atoms with Gasteiger partial charge in [0.2, 0.25) is 0 Å². The molecule has 0 amide bonds. The average Bonchev–Trinajstić information content (AvgIpc) is 2.83. The van der Waals surface area contributed by atoms with Crippen LogP contribution in [-0.4, -0.2) is 21.0 Å². The summed E-state index contributed by atoms with van der Waals surface area (Å²) in [5.74, 6) is -3.24. The van der Waals surface area contributed by atoms with E-state index in [-0.39, 0.29) is 6.42 Å². The molecule has 0 radical (unpaired) electrons. The Morgan fingerprint density at radius 1 is 1.39 bits per heavy atom. The fourth-order valence-electron chi connectivity index (χ4n) is 1.74. The molecule has 1 heterocycles. The molecule has 0 bridgehead atoms. The number of aromatic nitrogens is 2. The Bertz CT molecular complexity index is 555. The maximum Gasteiger partial charge on any atom is 0.304 e. The number of hydrogen-bond acceptors (Lipinski definition) is 2. The molecule has 1 aromatic heterocycles. The second kappa shape index (κ2) is 4.95. The first-order valence-electron chi connectivity index (χ1n) is 5.24. The van der Waals surface area contributed by atoms with Crippen LogP contribution in [-0.2, 0) is 4.79 Å². The summed E-state index contributed by atoms with van der Waals surface area (Å²) in [5.41, 5.74) is 0.367. The Morgan fingerprint density at radius 2 is 2.17 bits per heavy atom. The number of imidazole rings is 1. The smallest absolute Gasteiger partial charge is 0.304 e. The summed E-state index contributed by atoms with van der Waals surface area (Å²) in [7, 11) is 0. The molecule has 0 aliphatic heterocycles. The van der Waals surface area contributed by atoms with Gasteiger partial charge in [-0.3, -0.25) is 4.79 Å². The van der Waals surface area contributed by atoms with Crippen LogP contribution in [0.15, 0.2) is 30.6 Å². The lowest BCUT2D eigenvalue weighted by atomic mass is 9.95. The summed E-state index contributed by atoms with van der Waals surface area (Å²) < 4.78 is 26.0. The number of carbonyl (C=O) groups is 1. The van der Waals surface area contributed by atoms with Crippen LogP contribution in [0.2, 0.25) is 0 Å². The molecule has 4 nitrogen and oxygen atoms in total. The molecule has 94 valence electrons. The van der Waals surface area contributed by atoms with Gasteiger partial charge in [0, 0.05) is 12.4 Å². The van der Waals surface area contributed by atoms with Gasteiger partial charge in [0.1, 0.15) is 5.82 Å². The lowest BCUT2D eigenvalue weighted by Gasteiger charge is -2.13. The van der Waals surface area contributed by atoms with Crippen molar-refractivity contribution in [3.05, 3.63) is 53.6 Å². The molecule has 2 rings (SSSR count). The number of nitrogens with one attached hydrogen (secondary N) is 1. The van der Waals surface area contributed by atoms with Gasteiger partial charge in [0.05, 0.1) is 12.3 Å². The number of H-pyrrole nitrogens is 1. The van der Waals surface area contributed by atoms with Crippen molar-refractivity contribution in [2.45, 2.75) is 12.3 Å². The van der Waals surface area contributed by atoms with Crippen LogP contribution >= 0.6 is 0 Å². The van der Waals surface area contributed by atoms with Gasteiger partial charge in [0.15, 0.2) is 11.6 Å². The van der Waals surface area contributed by atoms with Crippen molar-refractivity contribution in [3.63, 3.8) is 0 Å². The predicted octanol–water partition coefficient (Wildman–Crippen LogP) is 2.29. The van der Waals surface area contributed by atoms with E-state index in [9.17, 15) is 13.6 Å².